The van der Waals surface area contributed by atoms with Gasteiger partial charge >= 0.3 is 5.97 Å². The molecular formula is C18H14O4. The molecular weight excluding hydrogens is 280 g/mol. The molecule has 0 aliphatic rings. The van der Waals surface area contributed by atoms with E-state index in [-0.39, 0.29) is 17.1 Å². The van der Waals surface area contributed by atoms with Crippen LogP contribution in [0.25, 0.3) is 12.2 Å². The number of benzene rings is 2. The maximum Gasteiger partial charge on any atom is 0.328 e. The summed E-state index contributed by atoms with van der Waals surface area (Å²) in [6, 6.07) is 13.4. The lowest BCUT2D eigenvalue weighted by molar-refractivity contribution is -0.131. The van der Waals surface area contributed by atoms with Gasteiger partial charge in [-0.1, -0.05) is 42.5 Å². The lowest BCUT2D eigenvalue weighted by Crippen LogP contribution is -1.94. The Morgan fingerprint density at radius 2 is 1.36 bits per heavy atom. The van der Waals surface area contributed by atoms with E-state index in [1.807, 2.05) is 0 Å². The predicted octanol–water partition coefficient (Wildman–Crippen LogP) is 3.39. The molecule has 0 spiro atoms. The molecule has 0 fully saturated rings. The molecule has 2 rings (SSSR count). The molecule has 2 N–H and O–H groups in total. The Morgan fingerprint density at radius 1 is 0.818 bits per heavy atom. The Labute approximate surface area is 127 Å². The molecule has 0 saturated heterocycles. The van der Waals surface area contributed by atoms with E-state index in [0.717, 1.165) is 17.2 Å². The third-order valence-corrected chi connectivity index (χ3v) is 2.95. The molecule has 0 unspecified atom stereocenters. The summed E-state index contributed by atoms with van der Waals surface area (Å²) < 4.78 is 0. The highest BCUT2D eigenvalue weighted by atomic mass is 16.4. The Bertz CT molecular complexity index is 740. The fourth-order valence-corrected chi connectivity index (χ4v) is 1.83. The summed E-state index contributed by atoms with van der Waals surface area (Å²) in [7, 11) is 0. The molecule has 0 bridgehead atoms. The van der Waals surface area contributed by atoms with Crippen LogP contribution in [0.4, 0.5) is 0 Å². The normalized spacial score (nSPS) is 11.1. The van der Waals surface area contributed by atoms with Gasteiger partial charge in [0.1, 0.15) is 5.75 Å². The van der Waals surface area contributed by atoms with Crippen molar-refractivity contribution in [1.29, 1.82) is 0 Å². The standard InChI is InChI=1S/C18H14O4/c19-16-4-2-1-3-15(16)17(20)11-9-13-5-7-14(8-6-13)10-12-18(21)22/h1-12,19H,(H,21,22)/b11-9+,12-10?. The van der Waals surface area contributed by atoms with Crippen LogP contribution in [0, 0.1) is 0 Å². The first-order valence-electron chi connectivity index (χ1n) is 6.58. The number of carbonyl (C=O) groups excluding carboxylic acids is 1. The molecule has 4 nitrogen and oxygen atoms in total. The van der Waals surface area contributed by atoms with E-state index in [1.165, 1.54) is 18.2 Å². The highest BCUT2D eigenvalue weighted by Gasteiger charge is 2.06. The van der Waals surface area contributed by atoms with Crippen LogP contribution in [0.2, 0.25) is 0 Å². The summed E-state index contributed by atoms with van der Waals surface area (Å²) >= 11 is 0. The van der Waals surface area contributed by atoms with Crippen LogP contribution < -0.4 is 0 Å². The predicted molar refractivity (Wildman–Crippen MR) is 84.6 cm³/mol. The largest absolute Gasteiger partial charge is 0.507 e. The molecule has 0 atom stereocenters. The number of ketones is 1. The Morgan fingerprint density at radius 3 is 1.91 bits per heavy atom. The maximum absolute atomic E-state index is 12.0. The average molecular weight is 294 g/mol. The van der Waals surface area contributed by atoms with Gasteiger partial charge in [-0.25, -0.2) is 4.79 Å². The number of hydrogen-bond donors (Lipinski definition) is 2. The molecule has 0 radical (unpaired) electrons. The molecule has 0 amide bonds. The van der Waals surface area contributed by atoms with Crippen LogP contribution in [-0.4, -0.2) is 22.0 Å². The molecule has 2 aromatic rings. The van der Waals surface area contributed by atoms with Crippen molar-refractivity contribution >= 4 is 23.9 Å². The van der Waals surface area contributed by atoms with Gasteiger partial charge in [-0.05, 0) is 35.4 Å². The minimum absolute atomic E-state index is 0.0497. The van der Waals surface area contributed by atoms with Gasteiger partial charge in [0.2, 0.25) is 0 Å². The smallest absolute Gasteiger partial charge is 0.328 e. The van der Waals surface area contributed by atoms with E-state index in [9.17, 15) is 14.7 Å². The maximum atomic E-state index is 12.0. The summed E-state index contributed by atoms with van der Waals surface area (Å²) in [5.74, 6) is -1.34. The molecule has 22 heavy (non-hydrogen) atoms. The lowest BCUT2D eigenvalue weighted by atomic mass is 10.1. The van der Waals surface area contributed by atoms with Gasteiger partial charge in [0, 0.05) is 6.08 Å². The first-order valence-corrected chi connectivity index (χ1v) is 6.58. The van der Waals surface area contributed by atoms with E-state index in [4.69, 9.17) is 5.11 Å². The van der Waals surface area contributed by atoms with E-state index >= 15 is 0 Å². The molecule has 110 valence electrons. The minimum atomic E-state index is -1.00. The summed E-state index contributed by atoms with van der Waals surface area (Å²) in [5.41, 5.74) is 1.81. The number of phenols is 1. The van der Waals surface area contributed by atoms with Crippen LogP contribution in [0.5, 0.6) is 5.75 Å². The number of carboxylic acid groups (broad SMARTS) is 1. The zero-order chi connectivity index (χ0) is 15.9. The van der Waals surface area contributed by atoms with Crippen LogP contribution in [0.3, 0.4) is 0 Å². The lowest BCUT2D eigenvalue weighted by Gasteiger charge is -1.99. The topological polar surface area (TPSA) is 74.6 Å². The van der Waals surface area contributed by atoms with Crippen molar-refractivity contribution in [2.24, 2.45) is 0 Å². The first kappa shape index (κ1) is 15.3. The van der Waals surface area contributed by atoms with Crippen LogP contribution >= 0.6 is 0 Å². The number of carbonyl (C=O) groups is 2. The van der Waals surface area contributed by atoms with Gasteiger partial charge in [0.15, 0.2) is 5.78 Å². The second-order valence-electron chi connectivity index (χ2n) is 4.55. The van der Waals surface area contributed by atoms with Crippen LogP contribution in [0.1, 0.15) is 21.5 Å². The number of carboxylic acids is 1. The molecule has 0 aromatic heterocycles. The van der Waals surface area contributed by atoms with Crippen molar-refractivity contribution in [3.63, 3.8) is 0 Å². The highest BCUT2D eigenvalue weighted by molar-refractivity contribution is 6.08. The van der Waals surface area contributed by atoms with Crippen LogP contribution in [-0.2, 0) is 4.79 Å². The summed E-state index contributed by atoms with van der Waals surface area (Å²) in [6.45, 7) is 0. The number of para-hydroxylation sites is 1. The number of phenolic OH excluding ortho intramolecular Hbond substituents is 1. The van der Waals surface area contributed by atoms with Crippen molar-refractivity contribution in [1.82, 2.24) is 0 Å². The number of aliphatic carboxylic acids is 1. The first-order chi connectivity index (χ1) is 10.6. The van der Waals surface area contributed by atoms with Crippen molar-refractivity contribution in [3.05, 3.63) is 77.4 Å². The third-order valence-electron chi connectivity index (χ3n) is 2.95. The summed E-state index contributed by atoms with van der Waals surface area (Å²) in [6.07, 6.45) is 5.58. The average Bonchev–Trinajstić information content (AvgIpc) is 2.52. The monoisotopic (exact) mass is 294 g/mol. The van der Waals surface area contributed by atoms with Gasteiger partial charge in [-0.15, -0.1) is 0 Å². The molecule has 0 aliphatic carbocycles. The van der Waals surface area contributed by atoms with Crippen molar-refractivity contribution in [2.45, 2.75) is 0 Å². The Kier molecular flexibility index (Phi) is 4.88. The van der Waals surface area contributed by atoms with Crippen molar-refractivity contribution in [3.8, 4) is 5.75 Å². The number of hydrogen-bond acceptors (Lipinski definition) is 3. The number of rotatable bonds is 5. The fourth-order valence-electron chi connectivity index (χ4n) is 1.83. The summed E-state index contributed by atoms with van der Waals surface area (Å²) in [5, 5.41) is 18.2. The Hall–Kier alpha value is -3.14. The molecule has 0 saturated carbocycles. The fraction of sp³-hybridized carbons (Fsp3) is 0. The van der Waals surface area contributed by atoms with E-state index in [1.54, 1.807) is 48.5 Å². The van der Waals surface area contributed by atoms with Crippen LogP contribution in [0.15, 0.2) is 60.7 Å². The molecule has 2 aromatic carbocycles. The van der Waals surface area contributed by atoms with Gasteiger partial charge in [0.05, 0.1) is 5.56 Å². The molecule has 0 heterocycles. The number of allylic oxidation sites excluding steroid dienone is 1. The summed E-state index contributed by atoms with van der Waals surface area (Å²) in [4.78, 5) is 22.4. The second-order valence-corrected chi connectivity index (χ2v) is 4.55. The third kappa shape index (κ3) is 4.18. The van der Waals surface area contributed by atoms with E-state index in [0.29, 0.717) is 0 Å². The van der Waals surface area contributed by atoms with E-state index < -0.39 is 5.97 Å². The van der Waals surface area contributed by atoms with Gasteiger partial charge in [-0.2, -0.15) is 0 Å². The quantitative estimate of drug-likeness (QED) is 0.655. The Balaban J connectivity index is 2.09. The zero-order valence-electron chi connectivity index (χ0n) is 11.6. The molecule has 4 heteroatoms. The van der Waals surface area contributed by atoms with Crippen molar-refractivity contribution < 1.29 is 19.8 Å². The second kappa shape index (κ2) is 7.04. The molecule has 0 aliphatic heterocycles. The number of aromatic hydroxyl groups is 1. The zero-order valence-corrected chi connectivity index (χ0v) is 11.6. The van der Waals surface area contributed by atoms with E-state index in [2.05, 4.69) is 0 Å². The highest BCUT2D eigenvalue weighted by Crippen LogP contribution is 2.17. The van der Waals surface area contributed by atoms with Gasteiger partial charge < -0.3 is 10.2 Å². The van der Waals surface area contributed by atoms with Crippen molar-refractivity contribution in [2.75, 3.05) is 0 Å². The van der Waals surface area contributed by atoms with Gasteiger partial charge in [-0.3, -0.25) is 4.79 Å². The minimum Gasteiger partial charge on any atom is -0.507 e. The SMILES string of the molecule is O=C(O)C=Cc1ccc(/C=C/C(=O)c2ccccc2O)cc1. The van der Waals surface area contributed by atoms with Gasteiger partial charge in [0.25, 0.3) is 0 Å².